The first-order valence-corrected chi connectivity index (χ1v) is 8.50. The van der Waals surface area contributed by atoms with Crippen molar-refractivity contribution in [3.8, 4) is 0 Å². The summed E-state index contributed by atoms with van der Waals surface area (Å²) < 4.78 is 5.71. The van der Waals surface area contributed by atoms with E-state index in [1.54, 1.807) is 17.5 Å². The molecule has 0 aliphatic carbocycles. The van der Waals surface area contributed by atoms with Crippen molar-refractivity contribution in [1.29, 1.82) is 0 Å². The number of ether oxygens (including phenoxy) is 1. The van der Waals surface area contributed by atoms with Gasteiger partial charge in [-0.2, -0.15) is 0 Å². The molecular formula is C18H16N2O2S. The molecule has 5 heteroatoms. The van der Waals surface area contributed by atoms with Crippen LogP contribution in [-0.4, -0.2) is 23.6 Å². The molecule has 0 spiro atoms. The van der Waals surface area contributed by atoms with Crippen LogP contribution in [0.4, 0.5) is 5.69 Å². The Bertz CT molecular complexity index is 827. The number of nitrogens with zero attached hydrogens (tertiary/aromatic N) is 1. The summed E-state index contributed by atoms with van der Waals surface area (Å²) in [7, 11) is 0. The van der Waals surface area contributed by atoms with Gasteiger partial charge in [0.1, 0.15) is 6.10 Å². The van der Waals surface area contributed by atoms with E-state index in [9.17, 15) is 4.79 Å². The fourth-order valence-corrected chi connectivity index (χ4v) is 3.94. The Morgan fingerprint density at radius 2 is 2.13 bits per heavy atom. The van der Waals surface area contributed by atoms with Crippen molar-refractivity contribution < 1.29 is 9.53 Å². The largest absolute Gasteiger partial charge is 0.368 e. The van der Waals surface area contributed by atoms with Crippen molar-refractivity contribution in [2.75, 3.05) is 11.9 Å². The highest BCUT2D eigenvalue weighted by Crippen LogP contribution is 2.35. The van der Waals surface area contributed by atoms with Gasteiger partial charge in [-0.05, 0) is 30.0 Å². The Morgan fingerprint density at radius 1 is 1.22 bits per heavy atom. The van der Waals surface area contributed by atoms with Crippen molar-refractivity contribution in [2.45, 2.75) is 18.4 Å². The van der Waals surface area contributed by atoms with Crippen LogP contribution < -0.4 is 5.32 Å². The summed E-state index contributed by atoms with van der Waals surface area (Å²) in [6.45, 7) is 0.619. The van der Waals surface area contributed by atoms with Crippen molar-refractivity contribution >= 4 is 33.8 Å². The molecule has 2 atom stereocenters. The van der Waals surface area contributed by atoms with E-state index >= 15 is 0 Å². The van der Waals surface area contributed by atoms with Gasteiger partial charge in [-0.3, -0.25) is 9.78 Å². The third-order valence-corrected chi connectivity index (χ3v) is 5.15. The minimum atomic E-state index is -0.437. The predicted octanol–water partition coefficient (Wildman–Crippen LogP) is 3.81. The SMILES string of the molecule is O=C(Nc1cccc2cccnc12)[C@H]1OCC[C@H]1c1cccs1. The van der Waals surface area contributed by atoms with E-state index in [1.165, 1.54) is 4.88 Å². The quantitative estimate of drug-likeness (QED) is 0.797. The highest BCUT2D eigenvalue weighted by atomic mass is 32.1. The van der Waals surface area contributed by atoms with Gasteiger partial charge in [-0.15, -0.1) is 11.3 Å². The molecule has 0 saturated carbocycles. The summed E-state index contributed by atoms with van der Waals surface area (Å²) in [5, 5.41) is 6.04. The molecular weight excluding hydrogens is 308 g/mol. The molecule has 3 aromatic rings. The lowest BCUT2D eigenvalue weighted by Crippen LogP contribution is -2.31. The number of fused-ring (bicyclic) bond motifs is 1. The molecule has 1 saturated heterocycles. The third-order valence-electron chi connectivity index (χ3n) is 4.15. The zero-order valence-electron chi connectivity index (χ0n) is 12.4. The maximum atomic E-state index is 12.7. The molecule has 1 aliphatic heterocycles. The van der Waals surface area contributed by atoms with Gasteiger partial charge >= 0.3 is 0 Å². The average Bonchev–Trinajstić information content (AvgIpc) is 3.26. The standard InChI is InChI=1S/C18H16N2O2S/c21-18(17-13(8-10-22-17)15-7-3-11-23-15)20-14-6-1-4-12-5-2-9-19-16(12)14/h1-7,9,11,13,17H,8,10H2,(H,20,21)/t13-,17-/m0/s1. The first-order valence-electron chi connectivity index (χ1n) is 7.62. The molecule has 2 aromatic heterocycles. The van der Waals surface area contributed by atoms with Crippen LogP contribution in [0.3, 0.4) is 0 Å². The lowest BCUT2D eigenvalue weighted by molar-refractivity contribution is -0.125. The monoisotopic (exact) mass is 324 g/mol. The van der Waals surface area contributed by atoms with E-state index in [0.717, 1.165) is 23.0 Å². The van der Waals surface area contributed by atoms with Crippen LogP contribution in [0.5, 0.6) is 0 Å². The Kier molecular flexibility index (Phi) is 3.81. The molecule has 23 heavy (non-hydrogen) atoms. The zero-order chi connectivity index (χ0) is 15.6. The van der Waals surface area contributed by atoms with Gasteiger partial charge in [0.05, 0.1) is 11.2 Å². The molecule has 1 aliphatic rings. The van der Waals surface area contributed by atoms with Gasteiger partial charge < -0.3 is 10.1 Å². The average molecular weight is 324 g/mol. The fourth-order valence-electron chi connectivity index (χ4n) is 3.05. The molecule has 1 N–H and O–H groups in total. The molecule has 0 unspecified atom stereocenters. The van der Waals surface area contributed by atoms with E-state index in [4.69, 9.17) is 4.74 Å². The maximum absolute atomic E-state index is 12.7. The summed E-state index contributed by atoms with van der Waals surface area (Å²) in [4.78, 5) is 18.3. The number of thiophene rings is 1. The Balaban J connectivity index is 1.59. The van der Waals surface area contributed by atoms with E-state index in [-0.39, 0.29) is 11.8 Å². The van der Waals surface area contributed by atoms with E-state index in [1.807, 2.05) is 41.8 Å². The lowest BCUT2D eigenvalue weighted by atomic mass is 9.99. The van der Waals surface area contributed by atoms with Crippen LogP contribution in [0.1, 0.15) is 17.2 Å². The molecule has 0 radical (unpaired) electrons. The summed E-state index contributed by atoms with van der Waals surface area (Å²) in [6, 6.07) is 13.7. The maximum Gasteiger partial charge on any atom is 0.254 e. The number of hydrogen-bond acceptors (Lipinski definition) is 4. The minimum Gasteiger partial charge on any atom is -0.368 e. The zero-order valence-corrected chi connectivity index (χ0v) is 13.3. The number of carbonyl (C=O) groups is 1. The van der Waals surface area contributed by atoms with Crippen molar-refractivity contribution in [3.63, 3.8) is 0 Å². The number of nitrogens with one attached hydrogen (secondary N) is 1. The first kappa shape index (κ1) is 14.4. The van der Waals surface area contributed by atoms with E-state index in [2.05, 4.69) is 16.4 Å². The van der Waals surface area contributed by atoms with E-state index < -0.39 is 6.10 Å². The number of benzene rings is 1. The predicted molar refractivity (Wildman–Crippen MR) is 91.8 cm³/mol. The van der Waals surface area contributed by atoms with Crippen LogP contribution in [0, 0.1) is 0 Å². The number of para-hydroxylation sites is 1. The first-order chi connectivity index (χ1) is 11.3. The van der Waals surface area contributed by atoms with Gasteiger partial charge in [0.2, 0.25) is 0 Å². The molecule has 4 nitrogen and oxygen atoms in total. The number of aromatic nitrogens is 1. The lowest BCUT2D eigenvalue weighted by Gasteiger charge is -2.17. The smallest absolute Gasteiger partial charge is 0.254 e. The van der Waals surface area contributed by atoms with Gasteiger partial charge in [-0.1, -0.05) is 24.3 Å². The Morgan fingerprint density at radius 3 is 3.00 bits per heavy atom. The van der Waals surface area contributed by atoms with Gasteiger partial charge in [0, 0.05) is 29.0 Å². The van der Waals surface area contributed by atoms with Crippen molar-refractivity contribution in [3.05, 3.63) is 58.9 Å². The Hall–Kier alpha value is -2.24. The number of anilines is 1. The minimum absolute atomic E-state index is 0.0981. The second-order valence-electron chi connectivity index (χ2n) is 5.57. The number of amides is 1. The second kappa shape index (κ2) is 6.10. The number of carbonyl (C=O) groups excluding carboxylic acids is 1. The normalized spacial score (nSPS) is 20.7. The molecule has 1 amide bonds. The van der Waals surface area contributed by atoms with Crippen LogP contribution in [0.15, 0.2) is 54.0 Å². The van der Waals surface area contributed by atoms with Crippen LogP contribution >= 0.6 is 11.3 Å². The van der Waals surface area contributed by atoms with Crippen molar-refractivity contribution in [1.82, 2.24) is 4.98 Å². The van der Waals surface area contributed by atoms with Crippen molar-refractivity contribution in [2.24, 2.45) is 0 Å². The topological polar surface area (TPSA) is 51.2 Å². The summed E-state index contributed by atoms with van der Waals surface area (Å²) in [6.07, 6.45) is 2.18. The number of rotatable bonds is 3. The van der Waals surface area contributed by atoms with Crippen LogP contribution in [0.2, 0.25) is 0 Å². The summed E-state index contributed by atoms with van der Waals surface area (Å²) in [5.74, 6) is 0.0389. The fraction of sp³-hybridized carbons (Fsp3) is 0.222. The highest BCUT2D eigenvalue weighted by molar-refractivity contribution is 7.10. The Labute approximate surface area is 138 Å². The van der Waals surface area contributed by atoms with Crippen LogP contribution in [-0.2, 0) is 9.53 Å². The molecule has 0 bridgehead atoms. The number of pyridine rings is 1. The van der Waals surface area contributed by atoms with E-state index in [0.29, 0.717) is 6.61 Å². The highest BCUT2D eigenvalue weighted by Gasteiger charge is 2.36. The molecule has 1 fully saturated rings. The van der Waals surface area contributed by atoms with Gasteiger partial charge in [0.25, 0.3) is 5.91 Å². The van der Waals surface area contributed by atoms with Gasteiger partial charge in [-0.25, -0.2) is 0 Å². The second-order valence-corrected chi connectivity index (χ2v) is 6.55. The van der Waals surface area contributed by atoms with Gasteiger partial charge in [0.15, 0.2) is 0 Å². The molecule has 4 rings (SSSR count). The molecule has 1 aromatic carbocycles. The summed E-state index contributed by atoms with van der Waals surface area (Å²) in [5.41, 5.74) is 1.53. The third kappa shape index (κ3) is 2.73. The molecule has 116 valence electrons. The van der Waals surface area contributed by atoms with Crippen LogP contribution in [0.25, 0.3) is 10.9 Å². The number of hydrogen-bond donors (Lipinski definition) is 1. The summed E-state index contributed by atoms with van der Waals surface area (Å²) >= 11 is 1.68. The molecule has 3 heterocycles.